The highest BCUT2D eigenvalue weighted by atomic mass is 16.5. The SMILES string of the molecule is c1ccc(-c2cccc(Oc3cccc(-c4ccccn4)c3)c2)nc1. The van der Waals surface area contributed by atoms with Crippen LogP contribution >= 0.6 is 0 Å². The molecule has 0 atom stereocenters. The van der Waals surface area contributed by atoms with Gasteiger partial charge in [0, 0.05) is 23.5 Å². The monoisotopic (exact) mass is 324 g/mol. The van der Waals surface area contributed by atoms with Crippen molar-refractivity contribution in [3.63, 3.8) is 0 Å². The highest BCUT2D eigenvalue weighted by Gasteiger charge is 2.04. The van der Waals surface area contributed by atoms with Gasteiger partial charge in [0.2, 0.25) is 0 Å². The van der Waals surface area contributed by atoms with E-state index in [1.54, 1.807) is 12.4 Å². The maximum atomic E-state index is 6.05. The van der Waals surface area contributed by atoms with E-state index in [1.165, 1.54) is 0 Å². The topological polar surface area (TPSA) is 35.0 Å². The van der Waals surface area contributed by atoms with Gasteiger partial charge in [-0.05, 0) is 48.5 Å². The Morgan fingerprint density at radius 2 is 1.04 bits per heavy atom. The van der Waals surface area contributed by atoms with Crippen molar-refractivity contribution in [1.82, 2.24) is 9.97 Å². The average molecular weight is 324 g/mol. The van der Waals surface area contributed by atoms with Crippen LogP contribution in [0.3, 0.4) is 0 Å². The number of aromatic nitrogens is 2. The second-order valence-electron chi connectivity index (χ2n) is 5.59. The molecular weight excluding hydrogens is 308 g/mol. The predicted octanol–water partition coefficient (Wildman–Crippen LogP) is 5.60. The standard InChI is InChI=1S/C22H16N2O/c1-3-13-23-21(11-1)17-7-5-9-19(15-17)25-20-10-6-8-18(16-20)22-12-2-4-14-24-22/h1-16H. The van der Waals surface area contributed by atoms with Gasteiger partial charge in [-0.25, -0.2) is 0 Å². The number of hydrogen-bond donors (Lipinski definition) is 0. The van der Waals surface area contributed by atoms with Gasteiger partial charge in [0.15, 0.2) is 0 Å². The molecular formula is C22H16N2O. The minimum absolute atomic E-state index is 0.779. The van der Waals surface area contributed by atoms with Gasteiger partial charge in [-0.3, -0.25) is 9.97 Å². The Bertz CT molecular complexity index is 888. The fourth-order valence-corrected chi connectivity index (χ4v) is 2.64. The minimum atomic E-state index is 0.779. The Labute approximate surface area is 146 Å². The van der Waals surface area contributed by atoms with Crippen LogP contribution in [0.1, 0.15) is 0 Å². The van der Waals surface area contributed by atoms with Crippen molar-refractivity contribution in [3.05, 3.63) is 97.3 Å². The largest absolute Gasteiger partial charge is 0.457 e. The van der Waals surface area contributed by atoms with E-state index in [9.17, 15) is 0 Å². The van der Waals surface area contributed by atoms with Crippen LogP contribution in [-0.4, -0.2) is 9.97 Å². The summed E-state index contributed by atoms with van der Waals surface area (Å²) >= 11 is 0. The van der Waals surface area contributed by atoms with Crippen molar-refractivity contribution in [2.24, 2.45) is 0 Å². The van der Waals surface area contributed by atoms with E-state index < -0.39 is 0 Å². The van der Waals surface area contributed by atoms with Crippen LogP contribution in [0.25, 0.3) is 22.5 Å². The molecule has 4 rings (SSSR count). The number of rotatable bonds is 4. The number of pyridine rings is 2. The Kier molecular flexibility index (Phi) is 4.21. The molecule has 4 aromatic rings. The zero-order valence-corrected chi connectivity index (χ0v) is 13.5. The molecule has 120 valence electrons. The number of nitrogens with zero attached hydrogens (tertiary/aromatic N) is 2. The fraction of sp³-hybridized carbons (Fsp3) is 0. The van der Waals surface area contributed by atoms with E-state index in [4.69, 9.17) is 4.74 Å². The van der Waals surface area contributed by atoms with Crippen molar-refractivity contribution >= 4 is 0 Å². The highest BCUT2D eigenvalue weighted by molar-refractivity contribution is 5.63. The Balaban J connectivity index is 1.61. The third-order valence-electron chi connectivity index (χ3n) is 3.83. The normalized spacial score (nSPS) is 10.4. The first-order chi connectivity index (χ1) is 12.4. The number of benzene rings is 2. The van der Waals surface area contributed by atoms with Crippen molar-refractivity contribution < 1.29 is 4.74 Å². The molecule has 2 aromatic carbocycles. The first-order valence-corrected chi connectivity index (χ1v) is 8.09. The first-order valence-electron chi connectivity index (χ1n) is 8.09. The molecule has 0 saturated heterocycles. The Hall–Kier alpha value is -3.46. The van der Waals surface area contributed by atoms with Crippen LogP contribution in [0.5, 0.6) is 11.5 Å². The maximum Gasteiger partial charge on any atom is 0.128 e. The summed E-state index contributed by atoms with van der Waals surface area (Å²) in [6.45, 7) is 0. The minimum Gasteiger partial charge on any atom is -0.457 e. The van der Waals surface area contributed by atoms with E-state index >= 15 is 0 Å². The predicted molar refractivity (Wildman–Crippen MR) is 99.4 cm³/mol. The van der Waals surface area contributed by atoms with E-state index in [2.05, 4.69) is 9.97 Å². The van der Waals surface area contributed by atoms with Gasteiger partial charge in [0.05, 0.1) is 11.4 Å². The summed E-state index contributed by atoms with van der Waals surface area (Å²) < 4.78 is 6.05. The fourth-order valence-electron chi connectivity index (χ4n) is 2.64. The zero-order valence-electron chi connectivity index (χ0n) is 13.5. The molecule has 3 heteroatoms. The van der Waals surface area contributed by atoms with Crippen LogP contribution in [-0.2, 0) is 0 Å². The molecule has 0 aliphatic carbocycles. The van der Waals surface area contributed by atoms with E-state index in [0.29, 0.717) is 0 Å². The molecule has 3 nitrogen and oxygen atoms in total. The van der Waals surface area contributed by atoms with Crippen LogP contribution in [0.2, 0.25) is 0 Å². The molecule has 0 aliphatic heterocycles. The lowest BCUT2D eigenvalue weighted by Gasteiger charge is -2.09. The summed E-state index contributed by atoms with van der Waals surface area (Å²) in [5, 5.41) is 0. The summed E-state index contributed by atoms with van der Waals surface area (Å²) in [4.78, 5) is 8.77. The Morgan fingerprint density at radius 3 is 1.48 bits per heavy atom. The van der Waals surface area contributed by atoms with Gasteiger partial charge >= 0.3 is 0 Å². The molecule has 0 unspecified atom stereocenters. The third kappa shape index (κ3) is 3.56. The van der Waals surface area contributed by atoms with Crippen molar-refractivity contribution in [1.29, 1.82) is 0 Å². The molecule has 25 heavy (non-hydrogen) atoms. The van der Waals surface area contributed by atoms with Gasteiger partial charge in [0.1, 0.15) is 11.5 Å². The summed E-state index contributed by atoms with van der Waals surface area (Å²) in [6, 6.07) is 27.6. The van der Waals surface area contributed by atoms with Gasteiger partial charge in [-0.1, -0.05) is 36.4 Å². The van der Waals surface area contributed by atoms with Crippen LogP contribution in [0, 0.1) is 0 Å². The lowest BCUT2D eigenvalue weighted by Crippen LogP contribution is -1.88. The lowest BCUT2D eigenvalue weighted by molar-refractivity contribution is 0.483. The molecule has 0 aliphatic rings. The molecule has 0 N–H and O–H groups in total. The number of hydrogen-bond acceptors (Lipinski definition) is 3. The summed E-state index contributed by atoms with van der Waals surface area (Å²) in [5.41, 5.74) is 3.91. The van der Waals surface area contributed by atoms with Crippen LogP contribution < -0.4 is 4.74 Å². The summed E-state index contributed by atoms with van der Waals surface area (Å²) in [7, 11) is 0. The summed E-state index contributed by atoms with van der Waals surface area (Å²) in [6.07, 6.45) is 3.58. The zero-order chi connectivity index (χ0) is 16.9. The molecule has 0 fully saturated rings. The average Bonchev–Trinajstić information content (AvgIpc) is 2.70. The van der Waals surface area contributed by atoms with E-state index in [0.717, 1.165) is 34.0 Å². The smallest absolute Gasteiger partial charge is 0.128 e. The van der Waals surface area contributed by atoms with E-state index in [-0.39, 0.29) is 0 Å². The molecule has 0 spiro atoms. The highest BCUT2D eigenvalue weighted by Crippen LogP contribution is 2.28. The molecule has 0 saturated carbocycles. The lowest BCUT2D eigenvalue weighted by atomic mass is 10.1. The summed E-state index contributed by atoms with van der Waals surface area (Å²) in [5.74, 6) is 1.56. The Morgan fingerprint density at radius 1 is 0.520 bits per heavy atom. The van der Waals surface area contributed by atoms with Gasteiger partial charge in [0.25, 0.3) is 0 Å². The van der Waals surface area contributed by atoms with E-state index in [1.807, 2.05) is 84.9 Å². The van der Waals surface area contributed by atoms with Gasteiger partial charge < -0.3 is 4.74 Å². The van der Waals surface area contributed by atoms with Crippen molar-refractivity contribution in [3.8, 4) is 34.0 Å². The molecule has 0 bridgehead atoms. The molecule has 2 heterocycles. The van der Waals surface area contributed by atoms with Crippen molar-refractivity contribution in [2.75, 3.05) is 0 Å². The number of ether oxygens (including phenoxy) is 1. The molecule has 2 aromatic heterocycles. The second kappa shape index (κ2) is 6.97. The molecule has 0 radical (unpaired) electrons. The third-order valence-corrected chi connectivity index (χ3v) is 3.83. The van der Waals surface area contributed by atoms with Crippen LogP contribution in [0.4, 0.5) is 0 Å². The first kappa shape index (κ1) is 15.1. The second-order valence-corrected chi connectivity index (χ2v) is 5.59. The van der Waals surface area contributed by atoms with Crippen molar-refractivity contribution in [2.45, 2.75) is 0 Å². The molecule has 0 amide bonds. The maximum absolute atomic E-state index is 6.05. The quantitative estimate of drug-likeness (QED) is 0.490. The van der Waals surface area contributed by atoms with Crippen LogP contribution in [0.15, 0.2) is 97.3 Å². The van der Waals surface area contributed by atoms with Gasteiger partial charge in [-0.15, -0.1) is 0 Å². The van der Waals surface area contributed by atoms with Gasteiger partial charge in [-0.2, -0.15) is 0 Å².